The minimum Gasteiger partial charge on any atom is -0.249 e. The summed E-state index contributed by atoms with van der Waals surface area (Å²) in [7, 11) is 0. The number of alkyl halides is 1. The van der Waals surface area contributed by atoms with Crippen LogP contribution in [0.2, 0.25) is 0 Å². The Hall–Kier alpha value is -0.340. The summed E-state index contributed by atoms with van der Waals surface area (Å²) in [5, 5.41) is 3.46. The first-order chi connectivity index (χ1) is 6.74. The van der Waals surface area contributed by atoms with E-state index in [1.165, 1.54) is 17.0 Å². The number of hydrogen-bond donors (Lipinski definition) is 0. The van der Waals surface area contributed by atoms with Gasteiger partial charge in [0.15, 0.2) is 0 Å². The highest BCUT2D eigenvalue weighted by Gasteiger charge is 2.17. The van der Waals surface area contributed by atoms with Crippen molar-refractivity contribution in [3.63, 3.8) is 0 Å². The van der Waals surface area contributed by atoms with E-state index >= 15 is 0 Å². The predicted octanol–water partition coefficient (Wildman–Crippen LogP) is 3.65. The lowest BCUT2D eigenvalue weighted by atomic mass is 9.89. The number of halogens is 1. The van der Waals surface area contributed by atoms with Gasteiger partial charge in [0, 0.05) is 18.0 Å². The normalized spacial score (nSPS) is 27.4. The molecule has 0 aliphatic heterocycles. The Kier molecular flexibility index (Phi) is 3.24. The molecule has 76 valence electrons. The number of thiazole rings is 1. The Labute approximate surface area is 93.8 Å². The summed E-state index contributed by atoms with van der Waals surface area (Å²) in [6.45, 7) is 2.27. The van der Waals surface area contributed by atoms with Gasteiger partial charge < -0.3 is 0 Å². The zero-order valence-corrected chi connectivity index (χ0v) is 9.81. The first-order valence-electron chi connectivity index (χ1n) is 4.96. The predicted molar refractivity (Wildman–Crippen MR) is 61.9 cm³/mol. The van der Waals surface area contributed by atoms with Crippen molar-refractivity contribution in [2.45, 2.75) is 31.6 Å². The zero-order valence-electron chi connectivity index (χ0n) is 8.24. The van der Waals surface area contributed by atoms with Crippen LogP contribution >= 0.6 is 22.9 Å². The number of hydrogen-bond acceptors (Lipinski definition) is 2. The highest BCUT2D eigenvalue weighted by Crippen LogP contribution is 2.29. The summed E-state index contributed by atoms with van der Waals surface area (Å²) in [5.41, 5.74) is 1.46. The summed E-state index contributed by atoms with van der Waals surface area (Å²) in [6, 6.07) is 0. The van der Waals surface area contributed by atoms with E-state index in [9.17, 15) is 0 Å². The van der Waals surface area contributed by atoms with Crippen LogP contribution in [0.4, 0.5) is 0 Å². The molecule has 0 saturated carbocycles. The molecule has 0 radical (unpaired) electrons. The maximum atomic E-state index is 6.15. The van der Waals surface area contributed by atoms with Crippen molar-refractivity contribution >= 4 is 22.9 Å². The van der Waals surface area contributed by atoms with Crippen LogP contribution in [0.1, 0.15) is 24.8 Å². The minimum absolute atomic E-state index is 0.230. The molecule has 1 aliphatic carbocycles. The molecule has 1 aliphatic rings. The van der Waals surface area contributed by atoms with Gasteiger partial charge in [-0.25, -0.2) is 4.98 Å². The van der Waals surface area contributed by atoms with Crippen LogP contribution in [0, 0.1) is 5.92 Å². The average Bonchev–Trinajstić information content (AvgIpc) is 2.54. The summed E-state index contributed by atoms with van der Waals surface area (Å²) in [5.74, 6) is 0.720. The molecule has 0 amide bonds. The molecule has 1 aromatic rings. The highest BCUT2D eigenvalue weighted by molar-refractivity contribution is 7.09. The van der Waals surface area contributed by atoms with E-state index in [0.717, 1.165) is 18.8 Å². The Bertz CT molecular complexity index is 318. The fourth-order valence-electron chi connectivity index (χ4n) is 1.97. The van der Waals surface area contributed by atoms with Gasteiger partial charge in [-0.3, -0.25) is 0 Å². The molecule has 1 heterocycles. The molecule has 2 atom stereocenters. The lowest BCUT2D eigenvalue weighted by Crippen LogP contribution is -2.12. The fourth-order valence-corrected chi connectivity index (χ4v) is 3.12. The van der Waals surface area contributed by atoms with Crippen molar-refractivity contribution < 1.29 is 0 Å². The van der Waals surface area contributed by atoms with Crippen molar-refractivity contribution in [2.24, 2.45) is 5.92 Å². The Morgan fingerprint density at radius 3 is 3.14 bits per heavy atom. The van der Waals surface area contributed by atoms with Crippen molar-refractivity contribution in [3.8, 4) is 0 Å². The van der Waals surface area contributed by atoms with Crippen LogP contribution in [0.3, 0.4) is 0 Å². The molecular formula is C11H14ClNS. The second kappa shape index (κ2) is 4.45. The van der Waals surface area contributed by atoms with E-state index in [-0.39, 0.29) is 5.38 Å². The first kappa shape index (κ1) is 10.2. The Morgan fingerprint density at radius 1 is 1.64 bits per heavy atom. The molecule has 1 nitrogen and oxygen atoms in total. The number of allylic oxidation sites excluding steroid dienone is 2. The Balaban J connectivity index is 2.04. The molecule has 0 fully saturated rings. The molecule has 0 bridgehead atoms. The topological polar surface area (TPSA) is 12.9 Å². The maximum absolute atomic E-state index is 6.15. The van der Waals surface area contributed by atoms with Gasteiger partial charge in [0.1, 0.15) is 0 Å². The number of nitrogens with zero attached hydrogens (tertiary/aromatic N) is 1. The van der Waals surface area contributed by atoms with Gasteiger partial charge in [0.25, 0.3) is 0 Å². The van der Waals surface area contributed by atoms with Crippen LogP contribution < -0.4 is 0 Å². The first-order valence-corrected chi connectivity index (χ1v) is 6.27. The SMILES string of the molecule is CC1CC(Cc2nccs2)=CC(Cl)C1. The second-order valence-corrected chi connectivity index (χ2v) is 5.53. The van der Waals surface area contributed by atoms with Crippen LogP contribution in [-0.4, -0.2) is 10.4 Å². The van der Waals surface area contributed by atoms with Crippen LogP contribution in [0.5, 0.6) is 0 Å². The lowest BCUT2D eigenvalue weighted by molar-refractivity contribution is 0.507. The quantitative estimate of drug-likeness (QED) is 0.555. The largest absolute Gasteiger partial charge is 0.249 e. The van der Waals surface area contributed by atoms with Crippen molar-refractivity contribution in [1.82, 2.24) is 4.98 Å². The summed E-state index contributed by atoms with van der Waals surface area (Å²) in [6.07, 6.45) is 7.37. The summed E-state index contributed by atoms with van der Waals surface area (Å²) >= 11 is 7.88. The average molecular weight is 228 g/mol. The monoisotopic (exact) mass is 227 g/mol. The fraction of sp³-hybridized carbons (Fsp3) is 0.545. The van der Waals surface area contributed by atoms with Crippen LogP contribution in [0.15, 0.2) is 23.2 Å². The lowest BCUT2D eigenvalue weighted by Gasteiger charge is -2.21. The molecule has 2 unspecified atom stereocenters. The highest BCUT2D eigenvalue weighted by atomic mass is 35.5. The zero-order chi connectivity index (χ0) is 9.97. The van der Waals surface area contributed by atoms with Gasteiger partial charge in [-0.1, -0.05) is 18.6 Å². The van der Waals surface area contributed by atoms with Crippen LogP contribution in [-0.2, 0) is 6.42 Å². The van der Waals surface area contributed by atoms with E-state index in [1.54, 1.807) is 11.3 Å². The van der Waals surface area contributed by atoms with Gasteiger partial charge in [-0.05, 0) is 18.8 Å². The minimum atomic E-state index is 0.230. The molecule has 0 saturated heterocycles. The van der Waals surface area contributed by atoms with Crippen molar-refractivity contribution in [3.05, 3.63) is 28.2 Å². The van der Waals surface area contributed by atoms with Crippen molar-refractivity contribution in [2.75, 3.05) is 0 Å². The molecule has 14 heavy (non-hydrogen) atoms. The van der Waals surface area contributed by atoms with E-state index < -0.39 is 0 Å². The molecule has 3 heteroatoms. The number of rotatable bonds is 2. The van der Waals surface area contributed by atoms with E-state index in [4.69, 9.17) is 11.6 Å². The van der Waals surface area contributed by atoms with E-state index in [0.29, 0.717) is 0 Å². The molecule has 0 N–H and O–H groups in total. The third-order valence-corrected chi connectivity index (χ3v) is 3.60. The molecule has 2 rings (SSSR count). The molecule has 0 spiro atoms. The van der Waals surface area contributed by atoms with Gasteiger partial charge >= 0.3 is 0 Å². The standard InChI is InChI=1S/C11H14ClNS/c1-8-4-9(6-10(12)5-8)7-11-13-2-3-14-11/h2-3,6,8,10H,4-5,7H2,1H3. The van der Waals surface area contributed by atoms with E-state index in [2.05, 4.69) is 18.0 Å². The van der Waals surface area contributed by atoms with Gasteiger partial charge in [-0.15, -0.1) is 22.9 Å². The third kappa shape index (κ3) is 2.58. The summed E-state index contributed by atoms with van der Waals surface area (Å²) < 4.78 is 0. The van der Waals surface area contributed by atoms with Gasteiger partial charge in [-0.2, -0.15) is 0 Å². The van der Waals surface area contributed by atoms with Crippen LogP contribution in [0.25, 0.3) is 0 Å². The summed E-state index contributed by atoms with van der Waals surface area (Å²) in [4.78, 5) is 4.30. The maximum Gasteiger partial charge on any atom is 0.0965 e. The molecular weight excluding hydrogens is 214 g/mol. The molecule has 0 aromatic carbocycles. The van der Waals surface area contributed by atoms with Gasteiger partial charge in [0.05, 0.1) is 10.4 Å². The van der Waals surface area contributed by atoms with Gasteiger partial charge in [0.2, 0.25) is 0 Å². The molecule has 1 aromatic heterocycles. The van der Waals surface area contributed by atoms with Crippen molar-refractivity contribution in [1.29, 1.82) is 0 Å². The Morgan fingerprint density at radius 2 is 2.50 bits per heavy atom. The smallest absolute Gasteiger partial charge is 0.0965 e. The third-order valence-electron chi connectivity index (χ3n) is 2.52. The second-order valence-electron chi connectivity index (χ2n) is 3.99. The van der Waals surface area contributed by atoms with E-state index in [1.807, 2.05) is 11.6 Å². The number of aromatic nitrogens is 1.